The standard InChI is InChI=1S/C16H25FN2O/c1-11(18)16(14-4-3-5-15(17)10-14)19-8-6-13(7-9-19)12(2)20/h3-5,10-13,16,20H,6-9,18H2,1-2H3. The summed E-state index contributed by atoms with van der Waals surface area (Å²) < 4.78 is 13.4. The molecule has 3 N–H and O–H groups in total. The number of benzene rings is 1. The van der Waals surface area contributed by atoms with Gasteiger partial charge in [-0.1, -0.05) is 12.1 Å². The van der Waals surface area contributed by atoms with E-state index in [1.54, 1.807) is 12.1 Å². The molecule has 1 aliphatic heterocycles. The number of halogens is 1. The fraction of sp³-hybridized carbons (Fsp3) is 0.625. The Morgan fingerprint density at radius 1 is 1.30 bits per heavy atom. The number of rotatable bonds is 4. The van der Waals surface area contributed by atoms with Gasteiger partial charge in [0.15, 0.2) is 0 Å². The smallest absolute Gasteiger partial charge is 0.123 e. The topological polar surface area (TPSA) is 49.5 Å². The Bertz CT molecular complexity index is 428. The van der Waals surface area contributed by atoms with Crippen LogP contribution in [0.25, 0.3) is 0 Å². The van der Waals surface area contributed by atoms with Gasteiger partial charge in [0.05, 0.1) is 6.10 Å². The Morgan fingerprint density at radius 2 is 1.95 bits per heavy atom. The lowest BCUT2D eigenvalue weighted by Crippen LogP contribution is -2.45. The minimum absolute atomic E-state index is 0.0423. The van der Waals surface area contributed by atoms with E-state index >= 15 is 0 Å². The minimum Gasteiger partial charge on any atom is -0.393 e. The number of likely N-dealkylation sites (tertiary alicyclic amines) is 1. The maximum Gasteiger partial charge on any atom is 0.123 e. The Kier molecular flexibility index (Phi) is 5.13. The number of nitrogens with two attached hydrogens (primary N) is 1. The van der Waals surface area contributed by atoms with E-state index in [1.807, 2.05) is 19.9 Å². The normalized spacial score (nSPS) is 22.4. The van der Waals surface area contributed by atoms with Gasteiger partial charge >= 0.3 is 0 Å². The first-order valence-electron chi connectivity index (χ1n) is 7.42. The minimum atomic E-state index is -0.250. The number of hydrogen-bond donors (Lipinski definition) is 2. The lowest BCUT2D eigenvalue weighted by atomic mass is 9.89. The molecule has 2 rings (SSSR count). The zero-order valence-corrected chi connectivity index (χ0v) is 12.3. The molecule has 3 nitrogen and oxygen atoms in total. The third-order valence-corrected chi connectivity index (χ3v) is 4.34. The molecular formula is C16H25FN2O. The highest BCUT2D eigenvalue weighted by atomic mass is 19.1. The summed E-state index contributed by atoms with van der Waals surface area (Å²) in [6.45, 7) is 5.63. The van der Waals surface area contributed by atoms with Crippen LogP contribution in [0.5, 0.6) is 0 Å². The molecule has 112 valence electrons. The molecule has 0 bridgehead atoms. The molecule has 1 aromatic rings. The predicted molar refractivity (Wildman–Crippen MR) is 78.8 cm³/mol. The lowest BCUT2D eigenvalue weighted by Gasteiger charge is -2.40. The fourth-order valence-corrected chi connectivity index (χ4v) is 3.22. The van der Waals surface area contributed by atoms with Gasteiger partial charge in [-0.05, 0) is 63.4 Å². The summed E-state index contributed by atoms with van der Waals surface area (Å²) in [5.41, 5.74) is 7.07. The SMILES string of the molecule is CC(N)C(c1cccc(F)c1)N1CCC(C(C)O)CC1. The van der Waals surface area contributed by atoms with Crippen molar-refractivity contribution in [1.82, 2.24) is 4.90 Å². The van der Waals surface area contributed by atoms with Crippen molar-refractivity contribution in [3.8, 4) is 0 Å². The van der Waals surface area contributed by atoms with Crippen LogP contribution in [0.3, 0.4) is 0 Å². The Labute approximate surface area is 120 Å². The molecule has 0 amide bonds. The molecular weight excluding hydrogens is 255 g/mol. The molecule has 0 aromatic heterocycles. The highest BCUT2D eigenvalue weighted by Crippen LogP contribution is 2.30. The molecule has 0 spiro atoms. The van der Waals surface area contributed by atoms with Gasteiger partial charge in [0.2, 0.25) is 0 Å². The average molecular weight is 280 g/mol. The summed E-state index contributed by atoms with van der Waals surface area (Å²) in [7, 11) is 0. The van der Waals surface area contributed by atoms with E-state index in [-0.39, 0.29) is 24.0 Å². The molecule has 4 heteroatoms. The third-order valence-electron chi connectivity index (χ3n) is 4.34. The van der Waals surface area contributed by atoms with E-state index in [0.717, 1.165) is 31.5 Å². The van der Waals surface area contributed by atoms with Gasteiger partial charge in [-0.3, -0.25) is 4.90 Å². The summed E-state index contributed by atoms with van der Waals surface area (Å²) in [4.78, 5) is 2.32. The Hall–Kier alpha value is -0.970. The van der Waals surface area contributed by atoms with Crippen molar-refractivity contribution < 1.29 is 9.50 Å². The van der Waals surface area contributed by atoms with Crippen molar-refractivity contribution in [3.05, 3.63) is 35.6 Å². The molecule has 1 aromatic carbocycles. The van der Waals surface area contributed by atoms with E-state index < -0.39 is 0 Å². The molecule has 3 atom stereocenters. The van der Waals surface area contributed by atoms with Gasteiger partial charge in [-0.2, -0.15) is 0 Å². The van der Waals surface area contributed by atoms with E-state index in [2.05, 4.69) is 4.90 Å². The van der Waals surface area contributed by atoms with Crippen LogP contribution < -0.4 is 5.73 Å². The highest BCUT2D eigenvalue weighted by Gasteiger charge is 2.30. The van der Waals surface area contributed by atoms with Crippen LogP contribution in [0.2, 0.25) is 0 Å². The molecule has 3 unspecified atom stereocenters. The number of hydrogen-bond acceptors (Lipinski definition) is 3. The molecule has 1 heterocycles. The predicted octanol–water partition coefficient (Wildman–Crippen LogP) is 2.31. The van der Waals surface area contributed by atoms with Crippen molar-refractivity contribution in [1.29, 1.82) is 0 Å². The zero-order chi connectivity index (χ0) is 14.7. The molecule has 1 aliphatic rings. The van der Waals surface area contributed by atoms with Gasteiger partial charge in [0, 0.05) is 12.1 Å². The van der Waals surface area contributed by atoms with Crippen molar-refractivity contribution in [2.45, 2.75) is 44.9 Å². The molecule has 0 aliphatic carbocycles. The average Bonchev–Trinajstić information content (AvgIpc) is 2.39. The molecule has 0 radical (unpaired) electrons. The largest absolute Gasteiger partial charge is 0.393 e. The number of piperidine rings is 1. The molecule has 1 saturated heterocycles. The number of nitrogens with zero attached hydrogens (tertiary/aromatic N) is 1. The van der Waals surface area contributed by atoms with Crippen LogP contribution in [0.15, 0.2) is 24.3 Å². The fourth-order valence-electron chi connectivity index (χ4n) is 3.22. The first-order chi connectivity index (χ1) is 9.49. The van der Waals surface area contributed by atoms with Gasteiger partial charge in [0.25, 0.3) is 0 Å². The van der Waals surface area contributed by atoms with Gasteiger partial charge in [-0.25, -0.2) is 4.39 Å². The van der Waals surface area contributed by atoms with Crippen molar-refractivity contribution >= 4 is 0 Å². The van der Waals surface area contributed by atoms with Gasteiger partial charge in [-0.15, -0.1) is 0 Å². The van der Waals surface area contributed by atoms with Crippen molar-refractivity contribution in [2.24, 2.45) is 11.7 Å². The second-order valence-electron chi connectivity index (χ2n) is 5.97. The van der Waals surface area contributed by atoms with Crippen LogP contribution in [-0.4, -0.2) is 35.2 Å². The molecule has 1 fully saturated rings. The summed E-state index contributed by atoms with van der Waals surface area (Å²) in [6, 6.07) is 6.71. The summed E-state index contributed by atoms with van der Waals surface area (Å²) in [6.07, 6.45) is 1.69. The first-order valence-corrected chi connectivity index (χ1v) is 7.42. The van der Waals surface area contributed by atoms with Crippen LogP contribution >= 0.6 is 0 Å². The number of aliphatic hydroxyl groups excluding tert-OH is 1. The first kappa shape index (κ1) is 15.4. The third kappa shape index (κ3) is 3.57. The van der Waals surface area contributed by atoms with Gasteiger partial charge in [0.1, 0.15) is 5.82 Å². The molecule has 20 heavy (non-hydrogen) atoms. The van der Waals surface area contributed by atoms with Crippen molar-refractivity contribution in [2.75, 3.05) is 13.1 Å². The second kappa shape index (κ2) is 6.66. The monoisotopic (exact) mass is 280 g/mol. The second-order valence-corrected chi connectivity index (χ2v) is 5.97. The van der Waals surface area contributed by atoms with Crippen LogP contribution in [0.1, 0.15) is 38.3 Å². The number of aliphatic hydroxyl groups is 1. The van der Waals surface area contributed by atoms with E-state index in [4.69, 9.17) is 5.73 Å². The lowest BCUT2D eigenvalue weighted by molar-refractivity contribution is 0.0511. The maximum atomic E-state index is 13.4. The van der Waals surface area contributed by atoms with E-state index in [0.29, 0.717) is 5.92 Å². The highest BCUT2D eigenvalue weighted by molar-refractivity contribution is 5.22. The quantitative estimate of drug-likeness (QED) is 0.890. The van der Waals surface area contributed by atoms with Crippen molar-refractivity contribution in [3.63, 3.8) is 0 Å². The maximum absolute atomic E-state index is 13.4. The van der Waals surface area contributed by atoms with E-state index in [1.165, 1.54) is 6.07 Å². The van der Waals surface area contributed by atoms with E-state index in [9.17, 15) is 9.50 Å². The summed E-state index contributed by atoms with van der Waals surface area (Å²) in [5, 5.41) is 9.67. The summed E-state index contributed by atoms with van der Waals surface area (Å²) in [5.74, 6) is 0.152. The Morgan fingerprint density at radius 3 is 2.45 bits per heavy atom. The zero-order valence-electron chi connectivity index (χ0n) is 12.3. The van der Waals surface area contributed by atoms with Crippen LogP contribution in [0, 0.1) is 11.7 Å². The van der Waals surface area contributed by atoms with Crippen LogP contribution in [0.4, 0.5) is 4.39 Å². The summed E-state index contributed by atoms with van der Waals surface area (Å²) >= 11 is 0. The van der Waals surface area contributed by atoms with Gasteiger partial charge < -0.3 is 10.8 Å². The van der Waals surface area contributed by atoms with Crippen LogP contribution in [-0.2, 0) is 0 Å². The molecule has 0 saturated carbocycles. The Balaban J connectivity index is 2.11.